The summed E-state index contributed by atoms with van der Waals surface area (Å²) in [6.07, 6.45) is 0. The number of nitrogens with zero attached hydrogens (tertiary/aromatic N) is 2. The van der Waals surface area contributed by atoms with Crippen molar-refractivity contribution in [2.75, 3.05) is 21.3 Å². The van der Waals surface area contributed by atoms with Crippen molar-refractivity contribution in [1.29, 1.82) is 5.26 Å². The minimum absolute atomic E-state index is 0. The number of amides is 2. The Morgan fingerprint density at radius 3 is 2.59 bits per heavy atom. The van der Waals surface area contributed by atoms with Crippen molar-refractivity contribution in [3.63, 3.8) is 0 Å². The van der Waals surface area contributed by atoms with Gasteiger partial charge in [0.25, 0.3) is 0 Å². The van der Waals surface area contributed by atoms with Crippen molar-refractivity contribution in [2.24, 2.45) is 0 Å². The van der Waals surface area contributed by atoms with Gasteiger partial charge in [-0.1, -0.05) is 12.1 Å². The second-order valence-corrected chi connectivity index (χ2v) is 5.95. The summed E-state index contributed by atoms with van der Waals surface area (Å²) >= 11 is 0. The van der Waals surface area contributed by atoms with E-state index in [-0.39, 0.29) is 24.5 Å². The average Bonchev–Trinajstić information content (AvgIpc) is 2.67. The number of benzene rings is 2. The molecule has 2 rings (SSSR count). The van der Waals surface area contributed by atoms with E-state index in [1.54, 1.807) is 38.3 Å². The molecule has 0 aromatic heterocycles. The molecule has 0 radical (unpaired) electrons. The zero-order valence-electron chi connectivity index (χ0n) is 15.9. The average molecular weight is 390 g/mol. The highest BCUT2D eigenvalue weighted by Crippen LogP contribution is 2.29. The summed E-state index contributed by atoms with van der Waals surface area (Å²) in [4.78, 5) is 14.1. The molecule has 27 heavy (non-hydrogen) atoms. The molecule has 2 aromatic carbocycles. The third-order valence-corrected chi connectivity index (χ3v) is 4.07. The topological polar surface area (TPSA) is 74.6 Å². The summed E-state index contributed by atoms with van der Waals surface area (Å²) in [5, 5.41) is 11.9. The fourth-order valence-electron chi connectivity index (χ4n) is 2.64. The number of urea groups is 1. The fraction of sp³-hybridized carbons (Fsp3) is 0.300. The van der Waals surface area contributed by atoms with Crippen LogP contribution in [-0.2, 0) is 6.54 Å². The van der Waals surface area contributed by atoms with E-state index in [1.165, 1.54) is 0 Å². The van der Waals surface area contributed by atoms with Gasteiger partial charge in [-0.3, -0.25) is 0 Å². The number of nitriles is 1. The van der Waals surface area contributed by atoms with Gasteiger partial charge in [0, 0.05) is 19.2 Å². The summed E-state index contributed by atoms with van der Waals surface area (Å²) in [5.74, 6) is 1.38. The zero-order valence-corrected chi connectivity index (χ0v) is 16.7. The lowest BCUT2D eigenvalue weighted by atomic mass is 10.1. The number of nitrogens with one attached hydrogen (secondary N) is 1. The van der Waals surface area contributed by atoms with Crippen molar-refractivity contribution in [3.05, 3.63) is 59.2 Å². The van der Waals surface area contributed by atoms with Gasteiger partial charge in [-0.2, -0.15) is 5.26 Å². The van der Waals surface area contributed by atoms with Gasteiger partial charge in [-0.15, -0.1) is 12.4 Å². The SMILES string of the molecule is COc1ccc(OC)c(C(C)NC(=O)N(C)Cc2cccc(C#N)c2)c1.Cl. The molecule has 0 aliphatic carbocycles. The van der Waals surface area contributed by atoms with Crippen molar-refractivity contribution >= 4 is 18.4 Å². The molecule has 6 nitrogen and oxygen atoms in total. The Kier molecular flexibility index (Phi) is 8.43. The maximum atomic E-state index is 12.5. The maximum Gasteiger partial charge on any atom is 0.317 e. The second kappa shape index (κ2) is 10.3. The molecular formula is C20H24ClN3O3. The van der Waals surface area contributed by atoms with Gasteiger partial charge < -0.3 is 19.7 Å². The quantitative estimate of drug-likeness (QED) is 0.813. The van der Waals surface area contributed by atoms with E-state index in [0.29, 0.717) is 23.6 Å². The number of halogens is 1. The number of carbonyl (C=O) groups is 1. The number of carbonyl (C=O) groups excluding carboxylic acids is 1. The first-order valence-electron chi connectivity index (χ1n) is 8.21. The molecule has 1 atom stereocenters. The molecule has 2 amide bonds. The van der Waals surface area contributed by atoms with E-state index in [2.05, 4.69) is 11.4 Å². The Morgan fingerprint density at radius 2 is 1.96 bits per heavy atom. The molecule has 0 heterocycles. The first-order chi connectivity index (χ1) is 12.5. The van der Waals surface area contributed by atoms with Crippen LogP contribution < -0.4 is 14.8 Å². The Balaban J connectivity index is 0.00000364. The summed E-state index contributed by atoms with van der Waals surface area (Å²) in [6, 6.07) is 14.3. The Labute approximate surface area is 166 Å². The number of methoxy groups -OCH3 is 2. The number of rotatable bonds is 6. The van der Waals surface area contributed by atoms with Crippen molar-refractivity contribution in [1.82, 2.24) is 10.2 Å². The summed E-state index contributed by atoms with van der Waals surface area (Å²) in [6.45, 7) is 2.29. The molecule has 1 N–H and O–H groups in total. The lowest BCUT2D eigenvalue weighted by Crippen LogP contribution is -2.38. The summed E-state index contributed by atoms with van der Waals surface area (Å²) in [7, 11) is 4.90. The highest BCUT2D eigenvalue weighted by atomic mass is 35.5. The van der Waals surface area contributed by atoms with E-state index < -0.39 is 0 Å². The fourth-order valence-corrected chi connectivity index (χ4v) is 2.64. The third-order valence-electron chi connectivity index (χ3n) is 4.07. The lowest BCUT2D eigenvalue weighted by molar-refractivity contribution is 0.203. The molecule has 144 valence electrons. The van der Waals surface area contributed by atoms with Gasteiger partial charge in [0.2, 0.25) is 0 Å². The highest BCUT2D eigenvalue weighted by molar-refractivity contribution is 5.85. The molecule has 0 aliphatic heterocycles. The van der Waals surface area contributed by atoms with Crippen LogP contribution in [0.5, 0.6) is 11.5 Å². The van der Waals surface area contributed by atoms with Crippen LogP contribution >= 0.6 is 12.4 Å². The zero-order chi connectivity index (χ0) is 19.1. The van der Waals surface area contributed by atoms with Gasteiger partial charge in [-0.25, -0.2) is 4.79 Å². The molecule has 0 saturated carbocycles. The molecule has 7 heteroatoms. The van der Waals surface area contributed by atoms with E-state index >= 15 is 0 Å². The molecule has 0 bridgehead atoms. The van der Waals surface area contributed by atoms with Crippen molar-refractivity contribution in [2.45, 2.75) is 19.5 Å². The van der Waals surface area contributed by atoms with Crippen LogP contribution in [0.25, 0.3) is 0 Å². The van der Waals surface area contributed by atoms with Crippen LogP contribution in [0.2, 0.25) is 0 Å². The summed E-state index contributed by atoms with van der Waals surface area (Å²) in [5.41, 5.74) is 2.30. The second-order valence-electron chi connectivity index (χ2n) is 5.95. The monoisotopic (exact) mass is 389 g/mol. The van der Waals surface area contributed by atoms with E-state index in [9.17, 15) is 4.79 Å². The Morgan fingerprint density at radius 1 is 1.22 bits per heavy atom. The normalized spacial score (nSPS) is 10.8. The van der Waals surface area contributed by atoms with Gasteiger partial charge in [0.05, 0.1) is 31.9 Å². The van der Waals surface area contributed by atoms with Gasteiger partial charge >= 0.3 is 6.03 Å². The van der Waals surface area contributed by atoms with Crippen LogP contribution in [0.4, 0.5) is 4.79 Å². The molecular weight excluding hydrogens is 366 g/mol. The summed E-state index contributed by atoms with van der Waals surface area (Å²) < 4.78 is 10.6. The van der Waals surface area contributed by atoms with Crippen LogP contribution in [0.1, 0.15) is 29.7 Å². The number of hydrogen-bond donors (Lipinski definition) is 1. The minimum atomic E-state index is -0.263. The maximum absolute atomic E-state index is 12.5. The molecule has 0 aliphatic rings. The van der Waals surface area contributed by atoms with Crippen LogP contribution in [0, 0.1) is 11.3 Å². The van der Waals surface area contributed by atoms with Crippen LogP contribution in [-0.4, -0.2) is 32.2 Å². The van der Waals surface area contributed by atoms with Crippen molar-refractivity contribution < 1.29 is 14.3 Å². The standard InChI is InChI=1S/C20H23N3O3.ClH/c1-14(18-11-17(25-3)8-9-19(18)26-4)22-20(24)23(2)13-16-7-5-6-15(10-16)12-21;/h5-11,14H,13H2,1-4H3,(H,22,24);1H. The molecule has 0 fully saturated rings. The predicted molar refractivity (Wildman–Crippen MR) is 106 cm³/mol. The van der Waals surface area contributed by atoms with Crippen LogP contribution in [0.3, 0.4) is 0 Å². The first-order valence-corrected chi connectivity index (χ1v) is 8.21. The predicted octanol–water partition coefficient (Wildman–Crippen LogP) is 3.90. The van der Waals surface area contributed by atoms with E-state index in [1.807, 2.05) is 37.3 Å². The Hall–Kier alpha value is -2.91. The first kappa shape index (κ1) is 22.1. The number of hydrogen-bond acceptors (Lipinski definition) is 4. The van der Waals surface area contributed by atoms with Gasteiger partial charge in [0.15, 0.2) is 0 Å². The van der Waals surface area contributed by atoms with Gasteiger partial charge in [0.1, 0.15) is 11.5 Å². The number of ether oxygens (including phenoxy) is 2. The van der Waals surface area contributed by atoms with E-state index in [0.717, 1.165) is 11.1 Å². The Bertz CT molecular complexity index is 820. The molecule has 2 aromatic rings. The van der Waals surface area contributed by atoms with Crippen LogP contribution in [0.15, 0.2) is 42.5 Å². The smallest absolute Gasteiger partial charge is 0.317 e. The minimum Gasteiger partial charge on any atom is -0.497 e. The van der Waals surface area contributed by atoms with E-state index in [4.69, 9.17) is 14.7 Å². The molecule has 1 unspecified atom stereocenters. The largest absolute Gasteiger partial charge is 0.497 e. The molecule has 0 saturated heterocycles. The highest BCUT2D eigenvalue weighted by Gasteiger charge is 2.17. The van der Waals surface area contributed by atoms with Crippen molar-refractivity contribution in [3.8, 4) is 17.6 Å². The third kappa shape index (κ3) is 5.80. The lowest BCUT2D eigenvalue weighted by Gasteiger charge is -2.23. The molecule has 0 spiro atoms. The van der Waals surface area contributed by atoms with Gasteiger partial charge in [-0.05, 0) is 42.8 Å².